The molecular weight excluding hydrogens is 215 g/mol. The smallest absolute Gasteiger partial charge is 0.542 e. The molecule has 0 rings (SSSR count). The van der Waals surface area contributed by atoms with Gasteiger partial charge >= 0.3 is 29.6 Å². The van der Waals surface area contributed by atoms with E-state index < -0.39 is 11.8 Å². The minimum atomic E-state index is -1.54. The van der Waals surface area contributed by atoms with Crippen LogP contribution < -0.4 is 34.7 Å². The number of carboxylic acids is 1. The molecule has 0 bridgehead atoms. The third-order valence-electron chi connectivity index (χ3n) is 2.49. The van der Waals surface area contributed by atoms with Crippen LogP contribution in [0.4, 0.5) is 0 Å². The third kappa shape index (κ3) is 12.2. The Morgan fingerprint density at radius 3 is 1.75 bits per heavy atom. The maximum absolute atomic E-state index is 10.7. The summed E-state index contributed by atoms with van der Waals surface area (Å²) in [6.45, 7) is 2.19. The van der Waals surface area contributed by atoms with Gasteiger partial charge in [0, 0.05) is 6.42 Å². The Morgan fingerprint density at radius 2 is 1.31 bits per heavy atom. The normalized spacial score (nSPS) is 9.56. The van der Waals surface area contributed by atoms with Crippen LogP contribution in [0.2, 0.25) is 0 Å². The summed E-state index contributed by atoms with van der Waals surface area (Å²) >= 11 is 0. The molecule has 0 saturated carbocycles. The van der Waals surface area contributed by atoms with Crippen molar-refractivity contribution >= 4 is 11.8 Å². The SMILES string of the molecule is CCCCCCCCCCC(=O)C(=O)[O-].[Na+]. The molecule has 0 N–H and O–H groups in total. The molecule has 3 nitrogen and oxygen atoms in total. The monoisotopic (exact) mass is 236 g/mol. The zero-order chi connectivity index (χ0) is 11.5. The summed E-state index contributed by atoms with van der Waals surface area (Å²) in [7, 11) is 0. The summed E-state index contributed by atoms with van der Waals surface area (Å²) in [6.07, 6.45) is 9.15. The first-order valence-electron chi connectivity index (χ1n) is 5.92. The first kappa shape index (κ1) is 18.5. The topological polar surface area (TPSA) is 57.2 Å². The molecule has 0 atom stereocenters. The molecular formula is C12H21NaO3. The van der Waals surface area contributed by atoms with Gasteiger partial charge in [-0.3, -0.25) is 4.79 Å². The number of carbonyl (C=O) groups is 2. The van der Waals surface area contributed by atoms with Gasteiger partial charge in [0.25, 0.3) is 0 Å². The van der Waals surface area contributed by atoms with Crippen molar-refractivity contribution in [1.29, 1.82) is 0 Å². The van der Waals surface area contributed by atoms with E-state index in [0.717, 1.165) is 12.8 Å². The Kier molecular flexibility index (Phi) is 15.3. The van der Waals surface area contributed by atoms with Gasteiger partial charge in [0.05, 0.1) is 0 Å². The summed E-state index contributed by atoms with van der Waals surface area (Å²) in [5.74, 6) is -2.31. The molecule has 0 saturated heterocycles. The number of unbranched alkanes of at least 4 members (excludes halogenated alkanes) is 7. The molecule has 4 heteroatoms. The molecule has 16 heavy (non-hydrogen) atoms. The summed E-state index contributed by atoms with van der Waals surface area (Å²) in [5.41, 5.74) is 0. The van der Waals surface area contributed by atoms with Crippen LogP contribution >= 0.6 is 0 Å². The van der Waals surface area contributed by atoms with Gasteiger partial charge in [0.2, 0.25) is 0 Å². The van der Waals surface area contributed by atoms with Gasteiger partial charge in [-0.25, -0.2) is 0 Å². The number of Topliss-reactive ketones (excluding diaryl/α,β-unsaturated/α-hetero) is 1. The fourth-order valence-corrected chi connectivity index (χ4v) is 1.52. The number of hydrogen-bond donors (Lipinski definition) is 0. The van der Waals surface area contributed by atoms with E-state index in [1.165, 1.54) is 32.1 Å². The van der Waals surface area contributed by atoms with Gasteiger partial charge in [0.15, 0.2) is 5.78 Å². The molecule has 0 aliphatic rings. The number of hydrogen-bond acceptors (Lipinski definition) is 3. The van der Waals surface area contributed by atoms with Gasteiger partial charge < -0.3 is 9.90 Å². The zero-order valence-corrected chi connectivity index (χ0v) is 12.6. The zero-order valence-electron chi connectivity index (χ0n) is 10.6. The fourth-order valence-electron chi connectivity index (χ4n) is 1.52. The van der Waals surface area contributed by atoms with Crippen molar-refractivity contribution in [2.45, 2.75) is 64.7 Å². The van der Waals surface area contributed by atoms with Crippen molar-refractivity contribution in [2.75, 3.05) is 0 Å². The van der Waals surface area contributed by atoms with E-state index >= 15 is 0 Å². The standard InChI is InChI=1S/C12H22O3.Na/c1-2-3-4-5-6-7-8-9-10-11(13)12(14)15;/h2-10H2,1H3,(H,14,15);/q;+1/p-1. The van der Waals surface area contributed by atoms with Crippen LogP contribution in [0, 0.1) is 0 Å². The van der Waals surface area contributed by atoms with E-state index in [1.54, 1.807) is 0 Å². The Morgan fingerprint density at radius 1 is 0.875 bits per heavy atom. The van der Waals surface area contributed by atoms with Crippen LogP contribution in [0.5, 0.6) is 0 Å². The van der Waals surface area contributed by atoms with Crippen LogP contribution in [0.3, 0.4) is 0 Å². The summed E-state index contributed by atoms with van der Waals surface area (Å²) < 4.78 is 0. The molecule has 0 aliphatic heterocycles. The predicted molar refractivity (Wildman–Crippen MR) is 57.2 cm³/mol. The molecule has 0 fully saturated rings. The Bertz CT molecular complexity index is 193. The minimum absolute atomic E-state index is 0. The Labute approximate surface area is 120 Å². The number of rotatable bonds is 10. The summed E-state index contributed by atoms with van der Waals surface area (Å²) in [6, 6.07) is 0. The first-order valence-corrected chi connectivity index (χ1v) is 5.92. The van der Waals surface area contributed by atoms with E-state index in [4.69, 9.17) is 0 Å². The second-order valence-electron chi connectivity index (χ2n) is 3.94. The maximum atomic E-state index is 10.7. The van der Waals surface area contributed by atoms with Crippen LogP contribution in [0.25, 0.3) is 0 Å². The average molecular weight is 236 g/mol. The molecule has 0 aromatic carbocycles. The predicted octanol–water partition coefficient (Wildman–Crippen LogP) is -1.16. The molecule has 0 aliphatic carbocycles. The number of aliphatic carboxylic acids is 1. The fraction of sp³-hybridized carbons (Fsp3) is 0.833. The van der Waals surface area contributed by atoms with Gasteiger partial charge in [-0.1, -0.05) is 51.9 Å². The van der Waals surface area contributed by atoms with Crippen LogP contribution in [0.1, 0.15) is 64.7 Å². The second-order valence-corrected chi connectivity index (χ2v) is 3.94. The first-order chi connectivity index (χ1) is 7.18. The van der Waals surface area contributed by atoms with Crippen molar-refractivity contribution in [1.82, 2.24) is 0 Å². The molecule has 0 heterocycles. The van der Waals surface area contributed by atoms with Crippen LogP contribution in [0.15, 0.2) is 0 Å². The van der Waals surface area contributed by atoms with E-state index in [1.807, 2.05) is 0 Å². The molecule has 88 valence electrons. The van der Waals surface area contributed by atoms with Crippen molar-refractivity contribution in [3.05, 3.63) is 0 Å². The Balaban J connectivity index is 0. The number of ketones is 1. The quantitative estimate of drug-likeness (QED) is 0.273. The van der Waals surface area contributed by atoms with Crippen LogP contribution in [-0.2, 0) is 9.59 Å². The van der Waals surface area contributed by atoms with E-state index in [2.05, 4.69) is 6.92 Å². The van der Waals surface area contributed by atoms with Crippen molar-refractivity contribution < 1.29 is 44.3 Å². The van der Waals surface area contributed by atoms with Gasteiger partial charge in [-0.2, -0.15) is 0 Å². The third-order valence-corrected chi connectivity index (χ3v) is 2.49. The Hall–Kier alpha value is 0.140. The van der Waals surface area contributed by atoms with Gasteiger partial charge in [-0.15, -0.1) is 0 Å². The van der Waals surface area contributed by atoms with Gasteiger partial charge in [-0.05, 0) is 6.42 Å². The average Bonchev–Trinajstić information content (AvgIpc) is 2.21. The van der Waals surface area contributed by atoms with E-state index in [-0.39, 0.29) is 36.0 Å². The van der Waals surface area contributed by atoms with Crippen molar-refractivity contribution in [3.63, 3.8) is 0 Å². The van der Waals surface area contributed by atoms with Crippen LogP contribution in [-0.4, -0.2) is 11.8 Å². The molecule has 0 radical (unpaired) electrons. The second kappa shape index (κ2) is 13.2. The number of carboxylic acid groups (broad SMARTS) is 1. The van der Waals surface area contributed by atoms with E-state index in [0.29, 0.717) is 6.42 Å². The van der Waals surface area contributed by atoms with Crippen molar-refractivity contribution in [3.8, 4) is 0 Å². The minimum Gasteiger partial charge on any atom is -0.542 e. The number of carbonyl (C=O) groups excluding carboxylic acids is 2. The summed E-state index contributed by atoms with van der Waals surface area (Å²) in [5, 5.41) is 10.1. The molecule has 0 amide bonds. The largest absolute Gasteiger partial charge is 1.00 e. The molecule has 0 spiro atoms. The van der Waals surface area contributed by atoms with Gasteiger partial charge in [0.1, 0.15) is 5.97 Å². The van der Waals surface area contributed by atoms with Crippen molar-refractivity contribution in [2.24, 2.45) is 0 Å². The molecule has 0 unspecified atom stereocenters. The van der Waals surface area contributed by atoms with E-state index in [9.17, 15) is 14.7 Å². The molecule has 0 aromatic heterocycles. The molecule has 0 aromatic rings. The summed E-state index contributed by atoms with van der Waals surface area (Å²) in [4.78, 5) is 20.7. The maximum Gasteiger partial charge on any atom is 1.00 e.